The minimum Gasteiger partial charge on any atom is -0.383 e. The van der Waals surface area contributed by atoms with Gasteiger partial charge in [0.1, 0.15) is 0 Å². The van der Waals surface area contributed by atoms with Crippen LogP contribution in [0.3, 0.4) is 0 Å². The first kappa shape index (κ1) is 16.1. The highest BCUT2D eigenvalue weighted by atomic mass is 32.1. The molecular formula is C14H24N2O2S. The molecule has 0 aliphatic carbocycles. The monoisotopic (exact) mass is 284 g/mol. The summed E-state index contributed by atoms with van der Waals surface area (Å²) >= 11 is 1.65. The standard InChI is InChI=1S/C14H24N2O2S/c1-11(2)9-13(15)14(17)16(6-7-18-3)10-12-5-4-8-19-12/h4-5,8,11,13H,6-7,9-10,15H2,1-3H3. The van der Waals surface area contributed by atoms with E-state index in [9.17, 15) is 4.79 Å². The van der Waals surface area contributed by atoms with E-state index >= 15 is 0 Å². The summed E-state index contributed by atoms with van der Waals surface area (Å²) in [4.78, 5) is 15.3. The predicted octanol–water partition coefficient (Wildman–Crippen LogP) is 2.10. The lowest BCUT2D eigenvalue weighted by Gasteiger charge is -2.25. The number of carbonyl (C=O) groups excluding carboxylic acids is 1. The van der Waals surface area contributed by atoms with Crippen LogP contribution < -0.4 is 5.73 Å². The molecule has 0 aromatic carbocycles. The number of amides is 1. The summed E-state index contributed by atoms with van der Waals surface area (Å²) < 4.78 is 5.07. The van der Waals surface area contributed by atoms with Gasteiger partial charge in [0.15, 0.2) is 0 Å². The van der Waals surface area contributed by atoms with Gasteiger partial charge in [-0.15, -0.1) is 11.3 Å². The second-order valence-corrected chi connectivity index (χ2v) is 6.10. The average molecular weight is 284 g/mol. The first-order valence-corrected chi connectivity index (χ1v) is 7.48. The zero-order valence-electron chi connectivity index (χ0n) is 12.0. The summed E-state index contributed by atoms with van der Waals surface area (Å²) in [5.41, 5.74) is 5.99. The van der Waals surface area contributed by atoms with Crippen LogP contribution >= 0.6 is 11.3 Å². The summed E-state index contributed by atoms with van der Waals surface area (Å²) in [6.07, 6.45) is 0.715. The van der Waals surface area contributed by atoms with Gasteiger partial charge >= 0.3 is 0 Å². The van der Waals surface area contributed by atoms with E-state index in [0.717, 1.165) is 0 Å². The minimum atomic E-state index is -0.420. The molecule has 1 rings (SSSR count). The molecule has 0 saturated heterocycles. The molecule has 108 valence electrons. The van der Waals surface area contributed by atoms with Crippen molar-refractivity contribution >= 4 is 17.2 Å². The minimum absolute atomic E-state index is 0.0131. The Morgan fingerprint density at radius 2 is 2.26 bits per heavy atom. The fourth-order valence-corrected chi connectivity index (χ4v) is 2.62. The Bertz CT molecular complexity index is 366. The summed E-state index contributed by atoms with van der Waals surface area (Å²) in [5.74, 6) is 0.434. The van der Waals surface area contributed by atoms with Crippen molar-refractivity contribution in [3.8, 4) is 0 Å². The molecule has 2 N–H and O–H groups in total. The molecule has 0 aliphatic rings. The van der Waals surface area contributed by atoms with Crippen molar-refractivity contribution in [1.82, 2.24) is 4.90 Å². The zero-order chi connectivity index (χ0) is 14.3. The van der Waals surface area contributed by atoms with Crippen molar-refractivity contribution < 1.29 is 9.53 Å². The number of carbonyl (C=O) groups is 1. The molecule has 5 heteroatoms. The van der Waals surface area contributed by atoms with Crippen LogP contribution in [0.5, 0.6) is 0 Å². The van der Waals surface area contributed by atoms with Crippen LogP contribution in [0.1, 0.15) is 25.1 Å². The van der Waals surface area contributed by atoms with Crippen molar-refractivity contribution in [3.05, 3.63) is 22.4 Å². The number of hydrogen-bond acceptors (Lipinski definition) is 4. The molecule has 0 fully saturated rings. The lowest BCUT2D eigenvalue weighted by atomic mass is 10.0. The van der Waals surface area contributed by atoms with E-state index in [1.165, 1.54) is 4.88 Å². The largest absolute Gasteiger partial charge is 0.383 e. The third-order valence-corrected chi connectivity index (χ3v) is 3.71. The van der Waals surface area contributed by atoms with Gasteiger partial charge in [0.2, 0.25) is 5.91 Å². The van der Waals surface area contributed by atoms with Crippen LogP contribution in [0.4, 0.5) is 0 Å². The highest BCUT2D eigenvalue weighted by Gasteiger charge is 2.22. The van der Waals surface area contributed by atoms with Gasteiger partial charge in [-0.25, -0.2) is 0 Å². The zero-order valence-corrected chi connectivity index (χ0v) is 12.8. The normalized spacial score (nSPS) is 12.7. The molecule has 1 aromatic heterocycles. The molecule has 0 aliphatic heterocycles. The number of rotatable bonds is 8. The van der Waals surface area contributed by atoms with Gasteiger partial charge in [-0.1, -0.05) is 19.9 Å². The second-order valence-electron chi connectivity index (χ2n) is 5.07. The van der Waals surface area contributed by atoms with Crippen LogP contribution in [0, 0.1) is 5.92 Å². The van der Waals surface area contributed by atoms with E-state index in [-0.39, 0.29) is 5.91 Å². The van der Waals surface area contributed by atoms with Crippen LogP contribution in [-0.2, 0) is 16.1 Å². The van der Waals surface area contributed by atoms with Gasteiger partial charge in [-0.2, -0.15) is 0 Å². The fourth-order valence-electron chi connectivity index (χ4n) is 1.90. The van der Waals surface area contributed by atoms with E-state index < -0.39 is 6.04 Å². The van der Waals surface area contributed by atoms with Gasteiger partial charge in [0, 0.05) is 18.5 Å². The Labute approximate surface area is 119 Å². The smallest absolute Gasteiger partial charge is 0.239 e. The molecule has 0 spiro atoms. The lowest BCUT2D eigenvalue weighted by Crippen LogP contribution is -2.45. The number of thiophene rings is 1. The summed E-state index contributed by atoms with van der Waals surface area (Å²) in [5, 5.41) is 2.02. The molecule has 0 saturated carbocycles. The first-order chi connectivity index (χ1) is 9.04. The number of nitrogens with zero attached hydrogens (tertiary/aromatic N) is 1. The number of ether oxygens (including phenoxy) is 1. The molecule has 1 aromatic rings. The van der Waals surface area contributed by atoms with E-state index in [1.54, 1.807) is 23.3 Å². The molecule has 1 heterocycles. The van der Waals surface area contributed by atoms with Gasteiger partial charge in [-0.3, -0.25) is 4.79 Å². The van der Waals surface area contributed by atoms with Gasteiger partial charge in [-0.05, 0) is 23.8 Å². The fraction of sp³-hybridized carbons (Fsp3) is 0.643. The number of methoxy groups -OCH3 is 1. The first-order valence-electron chi connectivity index (χ1n) is 6.60. The molecule has 1 atom stereocenters. The Hall–Kier alpha value is -0.910. The van der Waals surface area contributed by atoms with Crippen molar-refractivity contribution in [2.75, 3.05) is 20.3 Å². The Morgan fingerprint density at radius 1 is 1.53 bits per heavy atom. The Morgan fingerprint density at radius 3 is 2.79 bits per heavy atom. The predicted molar refractivity (Wildman–Crippen MR) is 79.0 cm³/mol. The van der Waals surface area contributed by atoms with Gasteiger partial charge in [0.05, 0.1) is 19.2 Å². The van der Waals surface area contributed by atoms with Crippen molar-refractivity contribution in [1.29, 1.82) is 0 Å². The molecule has 1 unspecified atom stereocenters. The van der Waals surface area contributed by atoms with E-state index in [2.05, 4.69) is 13.8 Å². The maximum absolute atomic E-state index is 12.4. The molecule has 0 bridgehead atoms. The van der Waals surface area contributed by atoms with E-state index in [0.29, 0.717) is 32.0 Å². The van der Waals surface area contributed by atoms with Crippen LogP contribution in [0.15, 0.2) is 17.5 Å². The summed E-state index contributed by atoms with van der Waals surface area (Å²) in [7, 11) is 1.64. The van der Waals surface area contributed by atoms with E-state index in [4.69, 9.17) is 10.5 Å². The van der Waals surface area contributed by atoms with Crippen molar-refractivity contribution in [2.45, 2.75) is 32.9 Å². The Balaban J connectivity index is 2.63. The topological polar surface area (TPSA) is 55.6 Å². The number of nitrogens with two attached hydrogens (primary N) is 1. The Kier molecular flexibility index (Phi) is 7.05. The maximum atomic E-state index is 12.4. The molecule has 0 radical (unpaired) electrons. The number of hydrogen-bond donors (Lipinski definition) is 1. The van der Waals surface area contributed by atoms with Crippen LogP contribution in [0.2, 0.25) is 0 Å². The molecule has 1 amide bonds. The van der Waals surface area contributed by atoms with Crippen molar-refractivity contribution in [2.24, 2.45) is 11.7 Å². The summed E-state index contributed by atoms with van der Waals surface area (Å²) in [6, 6.07) is 3.61. The average Bonchev–Trinajstić information content (AvgIpc) is 2.85. The molecule has 19 heavy (non-hydrogen) atoms. The van der Waals surface area contributed by atoms with Gasteiger partial charge in [0.25, 0.3) is 0 Å². The summed E-state index contributed by atoms with van der Waals surface area (Å²) in [6.45, 7) is 5.88. The molecule has 4 nitrogen and oxygen atoms in total. The van der Waals surface area contributed by atoms with E-state index in [1.807, 2.05) is 17.5 Å². The SMILES string of the molecule is COCCN(Cc1cccs1)C(=O)C(N)CC(C)C. The lowest BCUT2D eigenvalue weighted by molar-refractivity contribution is -0.134. The van der Waals surface area contributed by atoms with Crippen LogP contribution in [-0.4, -0.2) is 37.1 Å². The van der Waals surface area contributed by atoms with Crippen molar-refractivity contribution in [3.63, 3.8) is 0 Å². The molecular weight excluding hydrogens is 260 g/mol. The quantitative estimate of drug-likeness (QED) is 0.795. The highest BCUT2D eigenvalue weighted by molar-refractivity contribution is 7.09. The van der Waals surface area contributed by atoms with Crippen LogP contribution in [0.25, 0.3) is 0 Å². The highest BCUT2D eigenvalue weighted by Crippen LogP contribution is 2.14. The third kappa shape index (κ3) is 5.72. The van der Waals surface area contributed by atoms with Gasteiger partial charge < -0.3 is 15.4 Å². The maximum Gasteiger partial charge on any atom is 0.239 e. The third-order valence-electron chi connectivity index (χ3n) is 2.85. The second kappa shape index (κ2) is 8.30.